The maximum Gasteiger partial charge on any atom is 0.332 e. The zero-order valence-corrected chi connectivity index (χ0v) is 13.0. The van der Waals surface area contributed by atoms with Crippen LogP contribution in [-0.2, 0) is 9.59 Å². The van der Waals surface area contributed by atoms with E-state index in [0.717, 1.165) is 11.1 Å². The van der Waals surface area contributed by atoms with Crippen molar-refractivity contribution in [3.63, 3.8) is 0 Å². The summed E-state index contributed by atoms with van der Waals surface area (Å²) in [5.41, 5.74) is 2.99. The number of thioether (sulfide) groups is 1. The second-order valence-electron chi connectivity index (χ2n) is 5.20. The summed E-state index contributed by atoms with van der Waals surface area (Å²) in [5, 5.41) is 13.4. The van der Waals surface area contributed by atoms with E-state index in [-0.39, 0.29) is 11.5 Å². The predicted octanol–water partition coefficient (Wildman–Crippen LogP) is 3.62. The van der Waals surface area contributed by atoms with E-state index in [1.807, 2.05) is 54.6 Å². The topological polar surface area (TPSA) is 66.4 Å². The lowest BCUT2D eigenvalue weighted by Gasteiger charge is -2.12. The molecule has 2 N–H and O–H groups in total. The summed E-state index contributed by atoms with van der Waals surface area (Å²) >= 11 is 1.35. The van der Waals surface area contributed by atoms with E-state index in [0.29, 0.717) is 11.4 Å². The van der Waals surface area contributed by atoms with Crippen molar-refractivity contribution in [1.29, 1.82) is 0 Å². The van der Waals surface area contributed by atoms with Crippen LogP contribution in [0.5, 0.6) is 0 Å². The fourth-order valence-corrected chi connectivity index (χ4v) is 3.49. The Kier molecular flexibility index (Phi) is 4.48. The Morgan fingerprint density at radius 3 is 2.30 bits per heavy atom. The second-order valence-corrected chi connectivity index (χ2v) is 6.10. The quantitative estimate of drug-likeness (QED) is 0.901. The number of anilines is 1. The number of amides is 1. The van der Waals surface area contributed by atoms with Gasteiger partial charge in [0.15, 0.2) is 0 Å². The molecule has 1 heterocycles. The molecule has 0 aromatic heterocycles. The van der Waals surface area contributed by atoms with Crippen LogP contribution in [0.25, 0.3) is 11.1 Å². The first-order chi connectivity index (χ1) is 11.1. The maximum atomic E-state index is 12.3. The number of hydrogen-bond donors (Lipinski definition) is 2. The molecule has 116 valence electrons. The Bertz CT molecular complexity index is 754. The van der Waals surface area contributed by atoms with Crippen LogP contribution < -0.4 is 5.32 Å². The van der Waals surface area contributed by atoms with Gasteiger partial charge in [-0.15, -0.1) is 11.8 Å². The fraction of sp³-hybridized carbons (Fsp3) is 0.111. The molecule has 0 aliphatic carbocycles. The lowest BCUT2D eigenvalue weighted by Crippen LogP contribution is -2.27. The third-order valence-electron chi connectivity index (χ3n) is 3.67. The number of carboxylic acids is 1. The molecule has 0 radical (unpaired) electrons. The van der Waals surface area contributed by atoms with Gasteiger partial charge in [-0.3, -0.25) is 4.79 Å². The average Bonchev–Trinajstić information content (AvgIpc) is 3.06. The second kappa shape index (κ2) is 6.71. The van der Waals surface area contributed by atoms with Gasteiger partial charge in [0.1, 0.15) is 0 Å². The molecule has 2 aromatic carbocycles. The highest BCUT2D eigenvalue weighted by Crippen LogP contribution is 2.30. The number of nitrogens with one attached hydrogen (secondary N) is 1. The molecule has 1 amide bonds. The number of carbonyl (C=O) groups excluding carboxylic acids is 1. The van der Waals surface area contributed by atoms with Crippen molar-refractivity contribution in [3.05, 3.63) is 65.6 Å². The summed E-state index contributed by atoms with van der Waals surface area (Å²) in [4.78, 5) is 23.4. The van der Waals surface area contributed by atoms with Crippen LogP contribution in [0.2, 0.25) is 0 Å². The van der Waals surface area contributed by atoms with Gasteiger partial charge in [0.2, 0.25) is 5.91 Å². The molecule has 4 nitrogen and oxygen atoms in total. The van der Waals surface area contributed by atoms with Crippen molar-refractivity contribution in [3.8, 4) is 11.1 Å². The maximum absolute atomic E-state index is 12.3. The molecule has 1 aliphatic rings. The van der Waals surface area contributed by atoms with E-state index in [1.54, 1.807) is 5.41 Å². The summed E-state index contributed by atoms with van der Waals surface area (Å²) in [5.74, 6) is -1.45. The molecular formula is C18H15NO3S. The first-order valence-corrected chi connectivity index (χ1v) is 8.21. The minimum Gasteiger partial charge on any atom is -0.478 e. The van der Waals surface area contributed by atoms with Crippen LogP contribution in [0.1, 0.15) is 0 Å². The fourth-order valence-electron chi connectivity index (χ4n) is 2.43. The summed E-state index contributed by atoms with van der Waals surface area (Å²) in [7, 11) is 0. The minimum absolute atomic E-state index is 0.161. The zero-order valence-electron chi connectivity index (χ0n) is 12.2. The number of benzene rings is 2. The van der Waals surface area contributed by atoms with Gasteiger partial charge in [-0.25, -0.2) is 4.79 Å². The van der Waals surface area contributed by atoms with Gasteiger partial charge in [0, 0.05) is 11.4 Å². The molecule has 0 spiro atoms. The smallest absolute Gasteiger partial charge is 0.332 e. The molecule has 1 unspecified atom stereocenters. The molecule has 0 bridgehead atoms. The van der Waals surface area contributed by atoms with Gasteiger partial charge in [-0.1, -0.05) is 42.5 Å². The lowest BCUT2D eigenvalue weighted by atomic mass is 10.0. The van der Waals surface area contributed by atoms with Gasteiger partial charge in [0.25, 0.3) is 0 Å². The van der Waals surface area contributed by atoms with Crippen LogP contribution in [-0.4, -0.2) is 22.7 Å². The van der Waals surface area contributed by atoms with Crippen molar-refractivity contribution >= 4 is 29.3 Å². The van der Waals surface area contributed by atoms with Gasteiger partial charge < -0.3 is 10.4 Å². The van der Waals surface area contributed by atoms with Crippen LogP contribution in [0.3, 0.4) is 0 Å². The van der Waals surface area contributed by atoms with Crippen molar-refractivity contribution in [2.75, 3.05) is 11.1 Å². The molecule has 23 heavy (non-hydrogen) atoms. The standard InChI is InChI=1S/C18H15NO3S/c20-17(15-10-23-11-16(15)18(21)22)19-14-8-6-13(7-9-14)12-4-2-1-3-5-12/h1-9,11,15H,10H2,(H,19,20)(H,21,22). The van der Waals surface area contributed by atoms with E-state index in [1.165, 1.54) is 11.8 Å². The number of hydrogen-bond acceptors (Lipinski definition) is 3. The van der Waals surface area contributed by atoms with Crippen LogP contribution in [0, 0.1) is 5.92 Å². The SMILES string of the molecule is O=C(O)C1=CSCC1C(=O)Nc1ccc(-c2ccccc2)cc1. The number of aliphatic carboxylic acids is 1. The number of rotatable bonds is 4. The van der Waals surface area contributed by atoms with Gasteiger partial charge >= 0.3 is 5.97 Å². The monoisotopic (exact) mass is 325 g/mol. The Morgan fingerprint density at radius 2 is 1.65 bits per heavy atom. The largest absolute Gasteiger partial charge is 0.478 e. The zero-order chi connectivity index (χ0) is 16.2. The van der Waals surface area contributed by atoms with Gasteiger partial charge in [-0.2, -0.15) is 0 Å². The first kappa shape index (κ1) is 15.4. The third kappa shape index (κ3) is 3.46. The van der Waals surface area contributed by atoms with Crippen molar-refractivity contribution in [2.24, 2.45) is 5.92 Å². The van der Waals surface area contributed by atoms with E-state index in [2.05, 4.69) is 5.32 Å². The highest BCUT2D eigenvalue weighted by atomic mass is 32.2. The molecule has 3 rings (SSSR count). The molecule has 0 saturated heterocycles. The van der Waals surface area contributed by atoms with Crippen LogP contribution in [0.15, 0.2) is 65.6 Å². The van der Waals surface area contributed by atoms with Crippen molar-refractivity contribution in [1.82, 2.24) is 0 Å². The summed E-state index contributed by atoms with van der Waals surface area (Å²) in [6, 6.07) is 17.5. The van der Waals surface area contributed by atoms with Crippen molar-refractivity contribution in [2.45, 2.75) is 0 Å². The number of carboxylic acid groups (broad SMARTS) is 1. The normalized spacial score (nSPS) is 16.7. The summed E-state index contributed by atoms with van der Waals surface area (Å²) in [6.07, 6.45) is 0. The molecule has 1 atom stereocenters. The Labute approximate surface area is 138 Å². The molecule has 5 heteroatoms. The van der Waals surface area contributed by atoms with E-state index in [4.69, 9.17) is 5.11 Å². The molecular weight excluding hydrogens is 310 g/mol. The Hall–Kier alpha value is -2.53. The molecule has 2 aromatic rings. The highest BCUT2D eigenvalue weighted by Gasteiger charge is 2.31. The Balaban J connectivity index is 1.70. The van der Waals surface area contributed by atoms with Gasteiger partial charge in [-0.05, 0) is 28.7 Å². The molecule has 1 aliphatic heterocycles. The Morgan fingerprint density at radius 1 is 1.00 bits per heavy atom. The predicted molar refractivity (Wildman–Crippen MR) is 92.2 cm³/mol. The molecule has 0 saturated carbocycles. The first-order valence-electron chi connectivity index (χ1n) is 7.16. The average molecular weight is 325 g/mol. The lowest BCUT2D eigenvalue weighted by molar-refractivity contribution is -0.134. The van der Waals surface area contributed by atoms with Crippen LogP contribution >= 0.6 is 11.8 Å². The molecule has 0 fully saturated rings. The third-order valence-corrected chi connectivity index (χ3v) is 4.62. The van der Waals surface area contributed by atoms with E-state index < -0.39 is 11.9 Å². The van der Waals surface area contributed by atoms with Crippen molar-refractivity contribution < 1.29 is 14.7 Å². The van der Waals surface area contributed by atoms with E-state index in [9.17, 15) is 9.59 Å². The summed E-state index contributed by atoms with van der Waals surface area (Å²) in [6.45, 7) is 0. The number of carbonyl (C=O) groups is 2. The van der Waals surface area contributed by atoms with Crippen LogP contribution in [0.4, 0.5) is 5.69 Å². The summed E-state index contributed by atoms with van der Waals surface area (Å²) < 4.78 is 0. The highest BCUT2D eigenvalue weighted by molar-refractivity contribution is 8.02. The minimum atomic E-state index is -1.03. The van der Waals surface area contributed by atoms with Gasteiger partial charge in [0.05, 0.1) is 11.5 Å². The van der Waals surface area contributed by atoms with E-state index >= 15 is 0 Å².